The van der Waals surface area contributed by atoms with E-state index in [4.69, 9.17) is 24.3 Å². The van der Waals surface area contributed by atoms with Crippen molar-refractivity contribution < 1.29 is 32.8 Å². The molecule has 9 heteroatoms. The Morgan fingerprint density at radius 2 is 1.25 bits per heavy atom. The molecule has 0 heterocycles. The zero-order valence-electron chi connectivity index (χ0n) is 28.4. The van der Waals surface area contributed by atoms with Crippen LogP contribution in [0.5, 0.6) is 0 Å². The van der Waals surface area contributed by atoms with Crippen LogP contribution in [-0.2, 0) is 27.9 Å². The van der Waals surface area contributed by atoms with E-state index >= 15 is 0 Å². The quantitative estimate of drug-likeness (QED) is 0.0307. The Morgan fingerprint density at radius 1 is 0.682 bits per heavy atom. The molecule has 0 rings (SSSR count). The van der Waals surface area contributed by atoms with Crippen LogP contribution < -0.4 is 5.73 Å². The summed E-state index contributed by atoms with van der Waals surface area (Å²) in [7, 11) is -4.26. The van der Waals surface area contributed by atoms with Crippen LogP contribution in [0, 0.1) is 0 Å². The molecule has 2 unspecified atom stereocenters. The number of carbonyl (C=O) groups excluding carboxylic acids is 1. The Kier molecular flexibility index (Phi) is 32.6. The molecule has 0 aromatic heterocycles. The highest BCUT2D eigenvalue weighted by atomic mass is 31.2. The Morgan fingerprint density at radius 3 is 1.86 bits per heavy atom. The predicted octanol–water partition coefficient (Wildman–Crippen LogP) is 9.74. The van der Waals surface area contributed by atoms with Gasteiger partial charge in [-0.25, -0.2) is 4.57 Å². The summed E-state index contributed by atoms with van der Waals surface area (Å²) in [5.41, 5.74) is 5.34. The van der Waals surface area contributed by atoms with Gasteiger partial charge in [0.2, 0.25) is 0 Å². The lowest BCUT2D eigenvalue weighted by atomic mass is 10.1. The van der Waals surface area contributed by atoms with E-state index in [1.54, 1.807) is 0 Å². The van der Waals surface area contributed by atoms with Crippen molar-refractivity contribution in [1.82, 2.24) is 0 Å². The highest BCUT2D eigenvalue weighted by Gasteiger charge is 2.25. The minimum atomic E-state index is -4.26. The van der Waals surface area contributed by atoms with E-state index in [0.717, 1.165) is 44.9 Å². The Hall–Kier alpha value is -1.02. The highest BCUT2D eigenvalue weighted by molar-refractivity contribution is 7.47. The van der Waals surface area contributed by atoms with Crippen LogP contribution in [0.3, 0.4) is 0 Å². The minimum Gasteiger partial charge on any atom is -0.457 e. The van der Waals surface area contributed by atoms with Gasteiger partial charge in [-0.05, 0) is 38.5 Å². The molecule has 0 aliphatic carbocycles. The van der Waals surface area contributed by atoms with Crippen LogP contribution >= 0.6 is 7.82 Å². The van der Waals surface area contributed by atoms with E-state index in [2.05, 4.69) is 38.2 Å². The Balaban J connectivity index is 4.12. The first kappa shape index (κ1) is 43.0. The van der Waals surface area contributed by atoms with Crippen LogP contribution in [0.1, 0.15) is 155 Å². The third kappa shape index (κ3) is 32.4. The Labute approximate surface area is 270 Å². The lowest BCUT2D eigenvalue weighted by Crippen LogP contribution is -2.28. The SMILES string of the molecule is CCC/C=C\C/C=C\CCCCCCCCOCC(COP(=O)(O)OCCN)OC(=O)CCCCCCCCCCCCC. The van der Waals surface area contributed by atoms with E-state index in [0.29, 0.717) is 13.0 Å². The van der Waals surface area contributed by atoms with E-state index in [1.807, 2.05) is 0 Å². The molecule has 2 atom stereocenters. The fourth-order valence-corrected chi connectivity index (χ4v) is 5.50. The molecule has 8 nitrogen and oxygen atoms in total. The first-order valence-electron chi connectivity index (χ1n) is 17.8. The molecule has 0 amide bonds. The number of rotatable bonds is 34. The van der Waals surface area contributed by atoms with Crippen molar-refractivity contribution in [2.24, 2.45) is 5.73 Å². The maximum absolute atomic E-state index is 12.5. The summed E-state index contributed by atoms with van der Waals surface area (Å²) < 4.78 is 33.2. The number of esters is 1. The smallest absolute Gasteiger partial charge is 0.457 e. The maximum Gasteiger partial charge on any atom is 0.472 e. The van der Waals surface area contributed by atoms with Gasteiger partial charge >= 0.3 is 13.8 Å². The first-order valence-corrected chi connectivity index (χ1v) is 19.3. The number of hydrogen-bond donors (Lipinski definition) is 2. The molecule has 260 valence electrons. The highest BCUT2D eigenvalue weighted by Crippen LogP contribution is 2.43. The van der Waals surface area contributed by atoms with Gasteiger partial charge in [0.15, 0.2) is 0 Å². The number of phosphoric ester groups is 1. The molecule has 0 spiro atoms. The molecule has 0 aromatic carbocycles. The Bertz CT molecular complexity index is 732. The molecule has 0 bridgehead atoms. The van der Waals surface area contributed by atoms with Crippen LogP contribution in [0.2, 0.25) is 0 Å². The van der Waals surface area contributed by atoms with Gasteiger partial charge in [0, 0.05) is 19.6 Å². The predicted molar refractivity (Wildman–Crippen MR) is 183 cm³/mol. The van der Waals surface area contributed by atoms with Crippen LogP contribution in [0.15, 0.2) is 24.3 Å². The van der Waals surface area contributed by atoms with Gasteiger partial charge in [0.05, 0.1) is 19.8 Å². The second-order valence-electron chi connectivity index (χ2n) is 11.7. The fraction of sp³-hybridized carbons (Fsp3) is 0.857. The molecule has 0 saturated carbocycles. The molecule has 0 aliphatic heterocycles. The summed E-state index contributed by atoms with van der Waals surface area (Å²) in [6, 6.07) is 0. The summed E-state index contributed by atoms with van der Waals surface area (Å²) >= 11 is 0. The molecule has 0 aromatic rings. The van der Waals surface area contributed by atoms with Gasteiger partial charge in [-0.2, -0.15) is 0 Å². The van der Waals surface area contributed by atoms with Gasteiger partial charge in [-0.15, -0.1) is 0 Å². The lowest BCUT2D eigenvalue weighted by Gasteiger charge is -2.20. The van der Waals surface area contributed by atoms with E-state index in [-0.39, 0.29) is 32.3 Å². The van der Waals surface area contributed by atoms with Crippen molar-refractivity contribution in [3.63, 3.8) is 0 Å². The van der Waals surface area contributed by atoms with Crippen LogP contribution in [0.4, 0.5) is 0 Å². The second kappa shape index (κ2) is 33.3. The molecular formula is C35H68NO7P. The van der Waals surface area contributed by atoms with Crippen molar-refractivity contribution in [3.8, 4) is 0 Å². The largest absolute Gasteiger partial charge is 0.472 e. The number of nitrogens with two attached hydrogens (primary N) is 1. The van der Waals surface area contributed by atoms with Gasteiger partial charge in [0.25, 0.3) is 0 Å². The molecule has 44 heavy (non-hydrogen) atoms. The number of unbranched alkanes of at least 4 members (excludes halogenated alkanes) is 17. The number of phosphoric acid groups is 1. The second-order valence-corrected chi connectivity index (χ2v) is 13.2. The number of ether oxygens (including phenoxy) is 2. The third-order valence-electron chi connectivity index (χ3n) is 7.35. The summed E-state index contributed by atoms with van der Waals surface area (Å²) in [6.45, 7) is 4.82. The van der Waals surface area contributed by atoms with E-state index in [9.17, 15) is 14.3 Å². The minimum absolute atomic E-state index is 0.0962. The summed E-state index contributed by atoms with van der Waals surface area (Å²) in [4.78, 5) is 22.3. The number of hydrogen-bond acceptors (Lipinski definition) is 7. The normalized spacial score (nSPS) is 14.0. The van der Waals surface area contributed by atoms with Crippen LogP contribution in [-0.4, -0.2) is 49.9 Å². The average molecular weight is 646 g/mol. The maximum atomic E-state index is 12.5. The standard InChI is InChI=1S/C35H68NO7P/c1-3-5-7-9-11-13-15-16-17-19-21-23-25-27-30-40-32-34(33-42-44(38,39)41-31-29-36)43-35(37)28-26-24-22-20-18-14-12-10-8-6-4-2/h7,9,13,15,34H,3-6,8,10-12,14,16-33,36H2,1-2H3,(H,38,39)/b9-7-,15-13-. The molecular weight excluding hydrogens is 577 g/mol. The van der Waals surface area contributed by atoms with Gasteiger partial charge < -0.3 is 20.1 Å². The summed E-state index contributed by atoms with van der Waals surface area (Å²) in [5.74, 6) is -0.337. The third-order valence-corrected chi connectivity index (χ3v) is 8.34. The van der Waals surface area contributed by atoms with Crippen LogP contribution in [0.25, 0.3) is 0 Å². The topological polar surface area (TPSA) is 117 Å². The van der Waals surface area contributed by atoms with Crippen molar-refractivity contribution in [2.45, 2.75) is 161 Å². The number of allylic oxidation sites excluding steroid dienone is 4. The van der Waals surface area contributed by atoms with Gasteiger partial charge in [-0.1, -0.05) is 134 Å². The van der Waals surface area contributed by atoms with Crippen molar-refractivity contribution in [2.75, 3.05) is 33.0 Å². The van der Waals surface area contributed by atoms with E-state index < -0.39 is 13.9 Å². The monoisotopic (exact) mass is 645 g/mol. The molecule has 3 N–H and O–H groups in total. The van der Waals surface area contributed by atoms with E-state index in [1.165, 1.54) is 89.9 Å². The fourth-order valence-electron chi connectivity index (χ4n) is 4.74. The molecule has 0 saturated heterocycles. The average Bonchev–Trinajstić information content (AvgIpc) is 3.01. The van der Waals surface area contributed by atoms with Gasteiger partial charge in [-0.3, -0.25) is 13.8 Å². The van der Waals surface area contributed by atoms with Gasteiger partial charge in [0.1, 0.15) is 6.10 Å². The summed E-state index contributed by atoms with van der Waals surface area (Å²) in [6.07, 6.45) is 33.3. The first-order chi connectivity index (χ1) is 21.4. The van der Waals surface area contributed by atoms with Crippen molar-refractivity contribution in [1.29, 1.82) is 0 Å². The molecule has 0 radical (unpaired) electrons. The molecule has 0 aliphatic rings. The van der Waals surface area contributed by atoms with Crippen molar-refractivity contribution >= 4 is 13.8 Å². The zero-order valence-corrected chi connectivity index (χ0v) is 29.3. The van der Waals surface area contributed by atoms with Crippen molar-refractivity contribution in [3.05, 3.63) is 24.3 Å². The summed E-state index contributed by atoms with van der Waals surface area (Å²) in [5, 5.41) is 0. The molecule has 0 fully saturated rings. The lowest BCUT2D eigenvalue weighted by molar-refractivity contribution is -0.154. The zero-order chi connectivity index (χ0) is 32.4. The number of carbonyl (C=O) groups is 1.